The van der Waals surface area contributed by atoms with Crippen molar-refractivity contribution in [1.29, 1.82) is 0 Å². The molecule has 0 spiro atoms. The largest absolute Gasteiger partial charge is 0.493 e. The second-order valence-electron chi connectivity index (χ2n) is 8.43. The molecule has 5 rings (SSSR count). The maximum Gasteiger partial charge on any atom is 0.235 e. The first kappa shape index (κ1) is 23.2. The Hall–Kier alpha value is -4.58. The number of hydrogen-bond acceptors (Lipinski definition) is 6. The molecule has 0 saturated carbocycles. The minimum Gasteiger partial charge on any atom is -0.493 e. The minimum atomic E-state index is -0.354. The summed E-state index contributed by atoms with van der Waals surface area (Å²) in [5.41, 5.74) is 2.08. The van der Waals surface area contributed by atoms with Crippen LogP contribution in [0.5, 0.6) is 17.2 Å². The average Bonchev–Trinajstić information content (AvgIpc) is 2.91. The summed E-state index contributed by atoms with van der Waals surface area (Å²) in [6.07, 6.45) is 0. The highest BCUT2D eigenvalue weighted by Gasteiger charge is 2.21. The number of rotatable bonds is 7. The Labute approximate surface area is 207 Å². The molecule has 0 unspecified atom stereocenters. The lowest BCUT2D eigenvalue weighted by Crippen LogP contribution is -2.17. The van der Waals surface area contributed by atoms with Gasteiger partial charge in [-0.15, -0.1) is 0 Å². The summed E-state index contributed by atoms with van der Waals surface area (Å²) in [7, 11) is 3.07. The van der Waals surface area contributed by atoms with Gasteiger partial charge in [0, 0.05) is 11.1 Å². The normalized spacial score (nSPS) is 11.0. The van der Waals surface area contributed by atoms with Crippen LogP contribution >= 0.6 is 0 Å². The predicted octanol–water partition coefficient (Wildman–Crippen LogP) is 6.20. The number of methoxy groups -OCH3 is 2. The molecule has 4 aromatic carbocycles. The number of ether oxygens (including phenoxy) is 3. The highest BCUT2D eigenvalue weighted by Crippen LogP contribution is 2.37. The molecule has 1 heterocycles. The lowest BCUT2D eigenvalue weighted by molar-refractivity contribution is 0.0920. The second-order valence-corrected chi connectivity index (χ2v) is 8.43. The van der Waals surface area contributed by atoms with E-state index < -0.39 is 0 Å². The number of hydrogen-bond donors (Lipinski definition) is 0. The van der Waals surface area contributed by atoms with Crippen LogP contribution in [-0.2, 0) is 0 Å². The van der Waals surface area contributed by atoms with Crippen molar-refractivity contribution in [3.05, 3.63) is 100 Å². The summed E-state index contributed by atoms with van der Waals surface area (Å²) < 4.78 is 22.8. The Morgan fingerprint density at radius 2 is 1.61 bits per heavy atom. The molecule has 36 heavy (non-hydrogen) atoms. The zero-order valence-electron chi connectivity index (χ0n) is 20.2. The molecular weight excluding hydrogens is 456 g/mol. The zero-order valence-corrected chi connectivity index (χ0v) is 20.2. The van der Waals surface area contributed by atoms with Crippen molar-refractivity contribution in [2.75, 3.05) is 20.8 Å². The summed E-state index contributed by atoms with van der Waals surface area (Å²) in [5, 5.41) is 2.36. The number of carbonyl (C=O) groups excluding carboxylic acids is 1. The van der Waals surface area contributed by atoms with Gasteiger partial charge in [0.2, 0.25) is 11.2 Å². The molecule has 6 nitrogen and oxygen atoms in total. The van der Waals surface area contributed by atoms with E-state index in [0.29, 0.717) is 33.6 Å². The number of benzene rings is 4. The number of ketones is 1. The molecule has 0 bridgehead atoms. The van der Waals surface area contributed by atoms with E-state index in [9.17, 15) is 9.59 Å². The smallest absolute Gasteiger partial charge is 0.235 e. The van der Waals surface area contributed by atoms with Crippen LogP contribution in [0.2, 0.25) is 0 Å². The van der Waals surface area contributed by atoms with E-state index in [4.69, 9.17) is 18.6 Å². The number of Topliss-reactive ketones (excluding diaryl/α,β-unsaturated/α-hetero) is 1. The first-order valence-corrected chi connectivity index (χ1v) is 11.4. The van der Waals surface area contributed by atoms with Gasteiger partial charge in [0.25, 0.3) is 0 Å². The summed E-state index contributed by atoms with van der Waals surface area (Å²) in [6, 6.07) is 23.8. The fourth-order valence-electron chi connectivity index (χ4n) is 4.17. The molecular formula is C30H24O6. The lowest BCUT2D eigenvalue weighted by Gasteiger charge is -2.14. The Morgan fingerprint density at radius 1 is 0.833 bits per heavy atom. The Balaban J connectivity index is 1.57. The van der Waals surface area contributed by atoms with E-state index in [1.54, 1.807) is 43.5 Å². The van der Waals surface area contributed by atoms with Crippen LogP contribution in [0.1, 0.15) is 15.9 Å². The first-order chi connectivity index (χ1) is 17.5. The summed E-state index contributed by atoms with van der Waals surface area (Å²) in [6.45, 7) is 1.60. The van der Waals surface area contributed by atoms with Crippen molar-refractivity contribution in [3.8, 4) is 28.6 Å². The highest BCUT2D eigenvalue weighted by molar-refractivity contribution is 6.01. The molecule has 0 aliphatic rings. The molecule has 0 radical (unpaired) electrons. The van der Waals surface area contributed by atoms with Crippen LogP contribution in [0, 0.1) is 6.92 Å². The van der Waals surface area contributed by atoms with Crippen molar-refractivity contribution < 1.29 is 23.4 Å². The van der Waals surface area contributed by atoms with Gasteiger partial charge in [-0.3, -0.25) is 9.59 Å². The fourth-order valence-corrected chi connectivity index (χ4v) is 4.17. The topological polar surface area (TPSA) is 75.0 Å². The van der Waals surface area contributed by atoms with E-state index in [1.165, 1.54) is 7.11 Å². The molecule has 1 aromatic heterocycles. The van der Waals surface area contributed by atoms with Gasteiger partial charge >= 0.3 is 0 Å². The zero-order chi connectivity index (χ0) is 25.2. The van der Waals surface area contributed by atoms with E-state index in [1.807, 2.05) is 49.4 Å². The van der Waals surface area contributed by atoms with Gasteiger partial charge in [0.05, 0.1) is 19.6 Å². The standard InChI is InChI=1S/C30H24O6/c1-18-8-12-23-26(14-18)36-29(22-11-13-25(33-2)27(16-22)34-3)30(28(23)32)35-17-24(31)21-10-9-19-6-4-5-7-20(19)15-21/h4-16H,17H2,1-3H3. The highest BCUT2D eigenvalue weighted by atomic mass is 16.5. The second kappa shape index (κ2) is 9.58. The molecule has 0 N–H and O–H groups in total. The average molecular weight is 481 g/mol. The number of carbonyl (C=O) groups is 1. The maximum absolute atomic E-state index is 13.5. The maximum atomic E-state index is 13.5. The Kier molecular flexibility index (Phi) is 6.17. The molecule has 0 amide bonds. The molecule has 6 heteroatoms. The van der Waals surface area contributed by atoms with Gasteiger partial charge < -0.3 is 18.6 Å². The summed E-state index contributed by atoms with van der Waals surface area (Å²) in [5.74, 6) is 0.940. The third-order valence-electron chi connectivity index (χ3n) is 6.07. The Morgan fingerprint density at radius 3 is 2.39 bits per heavy atom. The minimum absolute atomic E-state index is 0.0345. The van der Waals surface area contributed by atoms with Crippen molar-refractivity contribution in [2.45, 2.75) is 6.92 Å². The summed E-state index contributed by atoms with van der Waals surface area (Å²) >= 11 is 0. The van der Waals surface area contributed by atoms with Gasteiger partial charge in [-0.2, -0.15) is 0 Å². The Bertz CT molecular complexity index is 1660. The molecule has 0 atom stereocenters. The SMILES string of the molecule is COc1ccc(-c2oc3cc(C)ccc3c(=O)c2OCC(=O)c2ccc3ccccc3c2)cc1OC. The van der Waals surface area contributed by atoms with E-state index >= 15 is 0 Å². The first-order valence-electron chi connectivity index (χ1n) is 11.4. The van der Waals surface area contributed by atoms with Gasteiger partial charge in [-0.25, -0.2) is 0 Å². The van der Waals surface area contributed by atoms with Crippen LogP contribution in [0.15, 0.2) is 88.1 Å². The van der Waals surface area contributed by atoms with E-state index in [-0.39, 0.29) is 29.3 Å². The van der Waals surface area contributed by atoms with Crippen LogP contribution < -0.4 is 19.6 Å². The van der Waals surface area contributed by atoms with Gasteiger partial charge in [0.1, 0.15) is 5.58 Å². The quantitative estimate of drug-likeness (QED) is 0.258. The third-order valence-corrected chi connectivity index (χ3v) is 6.07. The van der Waals surface area contributed by atoms with Gasteiger partial charge in [-0.1, -0.05) is 42.5 Å². The molecule has 180 valence electrons. The van der Waals surface area contributed by atoms with Crippen LogP contribution in [0.4, 0.5) is 0 Å². The molecule has 0 aliphatic heterocycles. The van der Waals surface area contributed by atoms with Crippen LogP contribution in [0.3, 0.4) is 0 Å². The third kappa shape index (κ3) is 4.29. The number of fused-ring (bicyclic) bond motifs is 2. The van der Waals surface area contributed by atoms with Gasteiger partial charge in [0.15, 0.2) is 29.6 Å². The molecule has 0 aliphatic carbocycles. The number of aryl methyl sites for hydroxylation is 1. The van der Waals surface area contributed by atoms with E-state index in [2.05, 4.69) is 0 Å². The van der Waals surface area contributed by atoms with Crippen molar-refractivity contribution >= 4 is 27.5 Å². The van der Waals surface area contributed by atoms with E-state index in [0.717, 1.165) is 16.3 Å². The van der Waals surface area contributed by atoms with Crippen LogP contribution in [-0.4, -0.2) is 26.6 Å². The van der Waals surface area contributed by atoms with Crippen LogP contribution in [0.25, 0.3) is 33.1 Å². The monoisotopic (exact) mass is 480 g/mol. The molecule has 0 fully saturated rings. The van der Waals surface area contributed by atoms with Crippen molar-refractivity contribution in [2.24, 2.45) is 0 Å². The molecule has 0 saturated heterocycles. The van der Waals surface area contributed by atoms with Gasteiger partial charge in [-0.05, 0) is 59.7 Å². The lowest BCUT2D eigenvalue weighted by atomic mass is 10.0. The van der Waals surface area contributed by atoms with Crippen molar-refractivity contribution in [1.82, 2.24) is 0 Å². The predicted molar refractivity (Wildman–Crippen MR) is 140 cm³/mol. The van der Waals surface area contributed by atoms with Crippen molar-refractivity contribution in [3.63, 3.8) is 0 Å². The fraction of sp³-hybridized carbons (Fsp3) is 0.133. The molecule has 5 aromatic rings. The summed E-state index contributed by atoms with van der Waals surface area (Å²) in [4.78, 5) is 26.5.